The first kappa shape index (κ1) is 11.0. The number of rotatable bonds is 1. The van der Waals surface area contributed by atoms with Crippen molar-refractivity contribution in [3.8, 4) is 0 Å². The molecule has 5 heteroatoms. The Kier molecular flexibility index (Phi) is 2.87. The van der Waals surface area contributed by atoms with Gasteiger partial charge in [-0.25, -0.2) is 4.98 Å². The van der Waals surface area contributed by atoms with E-state index < -0.39 is 0 Å². The van der Waals surface area contributed by atoms with Gasteiger partial charge in [0.25, 0.3) is 5.91 Å². The summed E-state index contributed by atoms with van der Waals surface area (Å²) in [6.07, 6.45) is 3.12. The first-order chi connectivity index (χ1) is 7.58. The number of aromatic nitrogens is 2. The number of hydrogen-bond donors (Lipinski definition) is 1. The van der Waals surface area contributed by atoms with Gasteiger partial charge in [0.2, 0.25) is 0 Å². The number of nitrogens with two attached hydrogens (primary N) is 1. The Balaban J connectivity index is 2.11. The molecular weight excluding hydrogens is 204 g/mol. The first-order valence-electron chi connectivity index (χ1n) is 5.41. The van der Waals surface area contributed by atoms with E-state index in [1.165, 1.54) is 6.20 Å². The number of aryl methyl sites for hydroxylation is 1. The molecule has 2 rings (SSSR count). The van der Waals surface area contributed by atoms with Crippen LogP contribution in [0.25, 0.3) is 0 Å². The fourth-order valence-electron chi connectivity index (χ4n) is 1.82. The maximum Gasteiger partial charge on any atom is 0.274 e. The Morgan fingerprint density at radius 3 is 2.69 bits per heavy atom. The van der Waals surface area contributed by atoms with Crippen LogP contribution in [0.3, 0.4) is 0 Å². The van der Waals surface area contributed by atoms with Crippen molar-refractivity contribution in [2.75, 3.05) is 13.1 Å². The fourth-order valence-corrected chi connectivity index (χ4v) is 1.82. The van der Waals surface area contributed by atoms with Crippen molar-refractivity contribution in [2.45, 2.75) is 19.9 Å². The summed E-state index contributed by atoms with van der Waals surface area (Å²) < 4.78 is 0. The molecule has 1 amide bonds. The predicted molar refractivity (Wildman–Crippen MR) is 59.8 cm³/mol. The lowest BCUT2D eigenvalue weighted by Gasteiger charge is -2.14. The number of carbonyl (C=O) groups is 1. The Morgan fingerprint density at radius 2 is 2.19 bits per heavy atom. The molecule has 0 aliphatic carbocycles. The standard InChI is InChI=1S/C11H16N4O/c1-7-5-15(6-9(7)12)11(16)10-4-13-8(2)3-14-10/h3-4,7,9H,5-6,12H2,1-2H3. The summed E-state index contributed by atoms with van der Waals surface area (Å²) in [5.74, 6) is 0.273. The van der Waals surface area contributed by atoms with E-state index in [0.717, 1.165) is 5.69 Å². The summed E-state index contributed by atoms with van der Waals surface area (Å²) in [5, 5.41) is 0. The van der Waals surface area contributed by atoms with E-state index in [9.17, 15) is 4.79 Å². The smallest absolute Gasteiger partial charge is 0.274 e. The van der Waals surface area contributed by atoms with Crippen LogP contribution in [0, 0.1) is 12.8 Å². The molecule has 1 saturated heterocycles. The highest BCUT2D eigenvalue weighted by Gasteiger charge is 2.30. The van der Waals surface area contributed by atoms with E-state index in [1.54, 1.807) is 11.1 Å². The second-order valence-electron chi connectivity index (χ2n) is 4.39. The van der Waals surface area contributed by atoms with Gasteiger partial charge in [-0.1, -0.05) is 6.92 Å². The van der Waals surface area contributed by atoms with Crippen molar-refractivity contribution < 1.29 is 4.79 Å². The van der Waals surface area contributed by atoms with Gasteiger partial charge in [0.15, 0.2) is 0 Å². The first-order valence-corrected chi connectivity index (χ1v) is 5.41. The highest BCUT2D eigenvalue weighted by atomic mass is 16.2. The van der Waals surface area contributed by atoms with Gasteiger partial charge in [0, 0.05) is 25.3 Å². The van der Waals surface area contributed by atoms with Gasteiger partial charge in [-0.05, 0) is 12.8 Å². The van der Waals surface area contributed by atoms with Crippen LogP contribution < -0.4 is 5.73 Å². The van der Waals surface area contributed by atoms with E-state index in [2.05, 4.69) is 16.9 Å². The van der Waals surface area contributed by atoms with Crippen molar-refractivity contribution in [1.29, 1.82) is 0 Å². The summed E-state index contributed by atoms with van der Waals surface area (Å²) in [7, 11) is 0. The monoisotopic (exact) mass is 220 g/mol. The van der Waals surface area contributed by atoms with Gasteiger partial charge < -0.3 is 10.6 Å². The molecule has 1 aromatic rings. The van der Waals surface area contributed by atoms with Gasteiger partial charge in [-0.3, -0.25) is 9.78 Å². The number of nitrogens with zero attached hydrogens (tertiary/aromatic N) is 3. The predicted octanol–water partition coefficient (Wildman–Crippen LogP) is 0.204. The molecule has 2 heterocycles. The topological polar surface area (TPSA) is 72.1 Å². The number of likely N-dealkylation sites (tertiary alicyclic amines) is 1. The number of carbonyl (C=O) groups excluding carboxylic acids is 1. The highest BCUT2D eigenvalue weighted by molar-refractivity contribution is 5.92. The molecule has 1 aliphatic heterocycles. The molecule has 1 aromatic heterocycles. The van der Waals surface area contributed by atoms with Gasteiger partial charge in [-0.15, -0.1) is 0 Å². The van der Waals surface area contributed by atoms with Crippen LogP contribution in [0.2, 0.25) is 0 Å². The van der Waals surface area contributed by atoms with E-state index >= 15 is 0 Å². The Bertz CT molecular complexity index is 379. The fraction of sp³-hybridized carbons (Fsp3) is 0.545. The van der Waals surface area contributed by atoms with E-state index in [1.807, 2.05) is 6.92 Å². The molecule has 0 spiro atoms. The lowest BCUT2D eigenvalue weighted by atomic mass is 10.1. The molecule has 0 bridgehead atoms. The van der Waals surface area contributed by atoms with Crippen molar-refractivity contribution in [3.05, 3.63) is 23.8 Å². The van der Waals surface area contributed by atoms with Crippen LogP contribution in [-0.2, 0) is 0 Å². The molecule has 2 atom stereocenters. The van der Waals surface area contributed by atoms with Gasteiger partial charge in [0.1, 0.15) is 5.69 Å². The summed E-state index contributed by atoms with van der Waals surface area (Å²) >= 11 is 0. The number of amides is 1. The maximum absolute atomic E-state index is 12.0. The molecule has 0 radical (unpaired) electrons. The molecule has 0 aromatic carbocycles. The molecule has 1 fully saturated rings. The lowest BCUT2D eigenvalue weighted by molar-refractivity contribution is 0.0780. The third kappa shape index (κ3) is 2.04. The third-order valence-electron chi connectivity index (χ3n) is 2.96. The highest BCUT2D eigenvalue weighted by Crippen LogP contribution is 2.16. The third-order valence-corrected chi connectivity index (χ3v) is 2.96. The Morgan fingerprint density at radius 1 is 1.44 bits per heavy atom. The maximum atomic E-state index is 12.0. The van der Waals surface area contributed by atoms with Gasteiger partial charge in [-0.2, -0.15) is 0 Å². The van der Waals surface area contributed by atoms with E-state index in [0.29, 0.717) is 24.7 Å². The van der Waals surface area contributed by atoms with Crippen molar-refractivity contribution >= 4 is 5.91 Å². The quantitative estimate of drug-likeness (QED) is 0.734. The second-order valence-corrected chi connectivity index (χ2v) is 4.39. The van der Waals surface area contributed by atoms with Crippen LogP contribution in [0.4, 0.5) is 0 Å². The molecule has 1 aliphatic rings. The minimum atomic E-state index is -0.0766. The van der Waals surface area contributed by atoms with Crippen LogP contribution in [0.1, 0.15) is 23.1 Å². The zero-order valence-electron chi connectivity index (χ0n) is 9.55. The van der Waals surface area contributed by atoms with Gasteiger partial charge in [0.05, 0.1) is 11.9 Å². The van der Waals surface area contributed by atoms with Crippen molar-refractivity contribution in [3.63, 3.8) is 0 Å². The SMILES string of the molecule is Cc1cnc(C(=O)N2CC(C)C(N)C2)cn1. The lowest BCUT2D eigenvalue weighted by Crippen LogP contribution is -2.32. The molecule has 5 nitrogen and oxygen atoms in total. The minimum Gasteiger partial charge on any atom is -0.335 e. The Hall–Kier alpha value is -1.49. The zero-order valence-corrected chi connectivity index (χ0v) is 9.55. The summed E-state index contributed by atoms with van der Waals surface area (Å²) in [4.78, 5) is 21.9. The van der Waals surface area contributed by atoms with E-state index in [4.69, 9.17) is 5.73 Å². The average Bonchev–Trinajstić information content (AvgIpc) is 2.59. The Labute approximate surface area is 94.7 Å². The zero-order chi connectivity index (χ0) is 11.7. The summed E-state index contributed by atoms with van der Waals surface area (Å²) in [5.41, 5.74) is 7.08. The summed E-state index contributed by atoms with van der Waals surface area (Å²) in [6.45, 7) is 5.21. The van der Waals surface area contributed by atoms with Crippen molar-refractivity contribution in [1.82, 2.24) is 14.9 Å². The number of hydrogen-bond acceptors (Lipinski definition) is 4. The van der Waals surface area contributed by atoms with Crippen LogP contribution >= 0.6 is 0 Å². The molecule has 2 N–H and O–H groups in total. The molecular formula is C11H16N4O. The van der Waals surface area contributed by atoms with Crippen LogP contribution in [0.5, 0.6) is 0 Å². The normalized spacial score (nSPS) is 24.8. The molecule has 2 unspecified atom stereocenters. The molecule has 16 heavy (non-hydrogen) atoms. The van der Waals surface area contributed by atoms with E-state index in [-0.39, 0.29) is 11.9 Å². The molecule has 0 saturated carbocycles. The second kappa shape index (κ2) is 4.17. The van der Waals surface area contributed by atoms with Gasteiger partial charge >= 0.3 is 0 Å². The van der Waals surface area contributed by atoms with Crippen LogP contribution in [-0.4, -0.2) is 39.9 Å². The summed E-state index contributed by atoms with van der Waals surface area (Å²) in [6, 6.07) is 0.0716. The van der Waals surface area contributed by atoms with Crippen LogP contribution in [0.15, 0.2) is 12.4 Å². The average molecular weight is 220 g/mol. The van der Waals surface area contributed by atoms with Crippen molar-refractivity contribution in [2.24, 2.45) is 11.7 Å². The minimum absolute atomic E-state index is 0.0716. The molecule has 86 valence electrons. The largest absolute Gasteiger partial charge is 0.335 e.